The molecular weight excluding hydrogens is 498 g/mol. The molecule has 0 radical (unpaired) electrons. The summed E-state index contributed by atoms with van der Waals surface area (Å²) in [6.45, 7) is -0.244. The second-order valence-corrected chi connectivity index (χ2v) is 8.83. The van der Waals surface area contributed by atoms with E-state index in [9.17, 15) is 33.1 Å². The molecule has 0 saturated carbocycles. The van der Waals surface area contributed by atoms with Gasteiger partial charge in [-0.15, -0.1) is 0 Å². The fourth-order valence-electron chi connectivity index (χ4n) is 4.41. The van der Waals surface area contributed by atoms with Gasteiger partial charge in [0, 0.05) is 30.1 Å². The summed E-state index contributed by atoms with van der Waals surface area (Å²) in [6.07, 6.45) is 0.533. The summed E-state index contributed by atoms with van der Waals surface area (Å²) in [6, 6.07) is 6.07. The van der Waals surface area contributed by atoms with Crippen LogP contribution in [0, 0.1) is 17.6 Å². The van der Waals surface area contributed by atoms with E-state index in [-0.39, 0.29) is 42.1 Å². The Balaban J connectivity index is 1.56. The van der Waals surface area contributed by atoms with Crippen LogP contribution in [0.1, 0.15) is 18.4 Å². The molecule has 2 heterocycles. The maximum Gasteiger partial charge on any atom is 0.323 e. The van der Waals surface area contributed by atoms with Crippen LogP contribution < -0.4 is 11.1 Å². The maximum absolute atomic E-state index is 14.2. The van der Waals surface area contributed by atoms with Gasteiger partial charge in [-0.3, -0.25) is 14.2 Å². The standard InChI is InChI=1S/C24H21ClF2N4O5/c25-15-6-7-16(26)13(21(15)27)5-8-20(32)19-9-12(22(33)34)10-31(19)24(36)29-17-11-30(23(28)35)18-4-2-1-3-14(17)18/h1-4,6-7,11-12,19H,5,8-10H2,(H2,28,35)(H,29,36)(H,33,34)/t12-,19-/m0/s1. The van der Waals surface area contributed by atoms with E-state index < -0.39 is 47.4 Å². The zero-order valence-corrected chi connectivity index (χ0v) is 19.5. The fourth-order valence-corrected chi connectivity index (χ4v) is 4.58. The van der Waals surface area contributed by atoms with E-state index >= 15 is 0 Å². The van der Waals surface area contributed by atoms with Crippen molar-refractivity contribution in [2.24, 2.45) is 11.7 Å². The number of hydrogen-bond donors (Lipinski definition) is 3. The molecule has 1 aliphatic heterocycles. The number of nitrogens with two attached hydrogens (primary N) is 1. The molecule has 4 rings (SSSR count). The van der Waals surface area contributed by atoms with E-state index in [2.05, 4.69) is 5.32 Å². The number of aromatic nitrogens is 1. The third-order valence-electron chi connectivity index (χ3n) is 6.23. The highest BCUT2D eigenvalue weighted by Gasteiger charge is 2.42. The largest absolute Gasteiger partial charge is 0.481 e. The molecule has 3 amide bonds. The summed E-state index contributed by atoms with van der Waals surface area (Å²) < 4.78 is 29.4. The monoisotopic (exact) mass is 518 g/mol. The van der Waals surface area contributed by atoms with Crippen LogP contribution in [0.4, 0.5) is 24.1 Å². The molecule has 3 aromatic rings. The summed E-state index contributed by atoms with van der Waals surface area (Å²) in [5, 5.41) is 12.3. The number of nitrogens with zero attached hydrogens (tertiary/aromatic N) is 2. The minimum absolute atomic E-state index is 0.148. The highest BCUT2D eigenvalue weighted by atomic mass is 35.5. The first-order valence-electron chi connectivity index (χ1n) is 10.9. The summed E-state index contributed by atoms with van der Waals surface area (Å²) >= 11 is 5.70. The quantitative estimate of drug-likeness (QED) is 0.424. The van der Waals surface area contributed by atoms with Crippen molar-refractivity contribution >= 4 is 52.0 Å². The van der Waals surface area contributed by atoms with E-state index in [0.29, 0.717) is 10.9 Å². The number of likely N-dealkylation sites (tertiary alicyclic amines) is 1. The number of aliphatic carboxylic acids is 1. The predicted molar refractivity (Wildman–Crippen MR) is 127 cm³/mol. The van der Waals surface area contributed by atoms with Crippen LogP contribution in [-0.4, -0.2) is 51.0 Å². The first kappa shape index (κ1) is 25.1. The number of Topliss-reactive ketones (excluding diaryl/α,β-unsaturated/α-hetero) is 1. The number of fused-ring (bicyclic) bond motifs is 1. The third-order valence-corrected chi connectivity index (χ3v) is 6.53. The van der Waals surface area contributed by atoms with E-state index in [1.54, 1.807) is 24.3 Å². The van der Waals surface area contributed by atoms with Crippen molar-refractivity contribution in [1.82, 2.24) is 9.47 Å². The van der Waals surface area contributed by atoms with Gasteiger partial charge in [0.05, 0.1) is 28.2 Å². The van der Waals surface area contributed by atoms with Crippen LogP contribution in [-0.2, 0) is 16.0 Å². The molecule has 0 bridgehead atoms. The average molecular weight is 519 g/mol. The lowest BCUT2D eigenvalue weighted by Crippen LogP contribution is -2.43. The Labute approximate surface area is 208 Å². The number of halogens is 3. The summed E-state index contributed by atoms with van der Waals surface area (Å²) in [4.78, 5) is 50.6. The minimum atomic E-state index is -1.18. The molecule has 12 heteroatoms. The number of hydrogen-bond acceptors (Lipinski definition) is 4. The molecule has 2 atom stereocenters. The number of primary amides is 1. The Morgan fingerprint density at radius 3 is 2.56 bits per heavy atom. The van der Waals surface area contributed by atoms with Gasteiger partial charge >= 0.3 is 18.0 Å². The van der Waals surface area contributed by atoms with Crippen molar-refractivity contribution in [3.05, 3.63) is 64.8 Å². The Morgan fingerprint density at radius 1 is 1.14 bits per heavy atom. The highest BCUT2D eigenvalue weighted by molar-refractivity contribution is 6.30. The number of nitrogens with one attached hydrogen (secondary N) is 1. The number of para-hydroxylation sites is 1. The highest BCUT2D eigenvalue weighted by Crippen LogP contribution is 2.30. The molecule has 188 valence electrons. The molecule has 1 saturated heterocycles. The van der Waals surface area contributed by atoms with Crippen LogP contribution in [0.25, 0.3) is 10.9 Å². The molecule has 36 heavy (non-hydrogen) atoms. The molecule has 9 nitrogen and oxygen atoms in total. The minimum Gasteiger partial charge on any atom is -0.481 e. The lowest BCUT2D eigenvalue weighted by Gasteiger charge is -2.24. The molecule has 0 spiro atoms. The second-order valence-electron chi connectivity index (χ2n) is 8.43. The van der Waals surface area contributed by atoms with Gasteiger partial charge in [0.2, 0.25) is 0 Å². The van der Waals surface area contributed by atoms with Gasteiger partial charge in [-0.25, -0.2) is 18.4 Å². The number of benzene rings is 2. The fraction of sp³-hybridized carbons (Fsp3) is 0.250. The number of carboxylic acids is 1. The first-order valence-corrected chi connectivity index (χ1v) is 11.3. The third kappa shape index (κ3) is 4.74. The van der Waals surface area contributed by atoms with E-state index in [4.69, 9.17) is 17.3 Å². The number of carbonyl (C=O) groups excluding carboxylic acids is 3. The number of carboxylic acid groups (broad SMARTS) is 1. The molecule has 4 N–H and O–H groups in total. The molecular formula is C24H21ClF2N4O5. The Kier molecular flexibility index (Phi) is 6.93. The van der Waals surface area contributed by atoms with Crippen LogP contribution >= 0.6 is 11.6 Å². The van der Waals surface area contributed by atoms with Gasteiger partial charge in [-0.05, 0) is 31.0 Å². The number of carbonyl (C=O) groups is 4. The van der Waals surface area contributed by atoms with Crippen molar-refractivity contribution in [2.75, 3.05) is 11.9 Å². The lowest BCUT2D eigenvalue weighted by atomic mass is 9.98. The van der Waals surface area contributed by atoms with Crippen molar-refractivity contribution in [1.29, 1.82) is 0 Å². The van der Waals surface area contributed by atoms with Crippen molar-refractivity contribution in [2.45, 2.75) is 25.3 Å². The smallest absolute Gasteiger partial charge is 0.323 e. The molecule has 2 aromatic carbocycles. The second kappa shape index (κ2) is 9.94. The zero-order valence-electron chi connectivity index (χ0n) is 18.7. The number of anilines is 1. The molecule has 0 unspecified atom stereocenters. The van der Waals surface area contributed by atoms with Crippen LogP contribution in [0.2, 0.25) is 5.02 Å². The van der Waals surface area contributed by atoms with Gasteiger partial charge in [-0.2, -0.15) is 0 Å². The SMILES string of the molecule is NC(=O)n1cc(NC(=O)N2C[C@@H](C(=O)O)C[C@H]2C(=O)CCc2c(F)ccc(Cl)c2F)c2ccccc21. The van der Waals surface area contributed by atoms with Crippen LogP contribution in [0.3, 0.4) is 0 Å². The normalized spacial score (nSPS) is 17.4. The van der Waals surface area contributed by atoms with Gasteiger partial charge in [0.1, 0.15) is 11.6 Å². The summed E-state index contributed by atoms with van der Waals surface area (Å²) in [5.74, 6) is -4.57. The van der Waals surface area contributed by atoms with Gasteiger partial charge in [0.25, 0.3) is 0 Å². The number of urea groups is 1. The predicted octanol–water partition coefficient (Wildman–Crippen LogP) is 4.01. The number of amides is 3. The van der Waals surface area contributed by atoms with Crippen molar-refractivity contribution < 1.29 is 33.1 Å². The van der Waals surface area contributed by atoms with Crippen LogP contribution in [0.15, 0.2) is 42.6 Å². The Hall–Kier alpha value is -3.99. The summed E-state index contributed by atoms with van der Waals surface area (Å²) in [5.41, 5.74) is 5.72. The topological polar surface area (TPSA) is 135 Å². The zero-order chi connectivity index (χ0) is 26.1. The van der Waals surface area contributed by atoms with Crippen molar-refractivity contribution in [3.63, 3.8) is 0 Å². The van der Waals surface area contributed by atoms with E-state index in [1.165, 1.54) is 6.20 Å². The van der Waals surface area contributed by atoms with Gasteiger partial charge in [0.15, 0.2) is 5.78 Å². The van der Waals surface area contributed by atoms with Crippen LogP contribution in [0.5, 0.6) is 0 Å². The van der Waals surface area contributed by atoms with Gasteiger partial charge in [-0.1, -0.05) is 29.8 Å². The maximum atomic E-state index is 14.2. The average Bonchev–Trinajstić information content (AvgIpc) is 3.44. The van der Waals surface area contributed by atoms with E-state index in [1.807, 2.05) is 0 Å². The molecule has 1 aromatic heterocycles. The first-order chi connectivity index (χ1) is 17.1. The van der Waals surface area contributed by atoms with Crippen molar-refractivity contribution in [3.8, 4) is 0 Å². The molecule has 1 fully saturated rings. The molecule has 0 aliphatic carbocycles. The molecule has 1 aliphatic rings. The summed E-state index contributed by atoms with van der Waals surface area (Å²) in [7, 11) is 0. The van der Waals surface area contributed by atoms with Gasteiger partial charge < -0.3 is 21.1 Å². The number of rotatable bonds is 6. The van der Waals surface area contributed by atoms with E-state index in [0.717, 1.165) is 21.6 Å². The lowest BCUT2D eigenvalue weighted by molar-refractivity contribution is -0.141. The Morgan fingerprint density at radius 2 is 1.86 bits per heavy atom. The number of ketones is 1. The Bertz CT molecular complexity index is 1390.